The maximum atomic E-state index is 11.5. The van der Waals surface area contributed by atoms with Crippen molar-refractivity contribution in [2.75, 3.05) is 17.2 Å². The molecule has 0 radical (unpaired) electrons. The summed E-state index contributed by atoms with van der Waals surface area (Å²) in [5.41, 5.74) is 5.91. The van der Waals surface area contributed by atoms with E-state index in [0.717, 1.165) is 17.0 Å². The number of ketones is 1. The third-order valence-electron chi connectivity index (χ3n) is 2.57. The maximum absolute atomic E-state index is 11.5. The minimum absolute atomic E-state index is 0.112. The number of nitrogen functional groups attached to an aromatic ring is 1. The minimum atomic E-state index is -4.38. The first-order valence-electron chi connectivity index (χ1n) is 4.98. The van der Waals surface area contributed by atoms with Gasteiger partial charge in [-0.25, -0.2) is 0 Å². The molecule has 1 aromatic rings. The van der Waals surface area contributed by atoms with Crippen molar-refractivity contribution in [3.8, 4) is 0 Å². The average molecular weight is 270 g/mol. The largest absolute Gasteiger partial charge is 0.397 e. The Balaban J connectivity index is 2.51. The summed E-state index contributed by atoms with van der Waals surface area (Å²) in [4.78, 5) is 23.4. The molecule has 0 saturated carbocycles. The van der Waals surface area contributed by atoms with Crippen LogP contribution in [0.4, 0.5) is 11.4 Å². The number of nitrogens with zero attached hydrogens (tertiary/aromatic N) is 1. The second-order valence-electron chi connectivity index (χ2n) is 3.89. The highest BCUT2D eigenvalue weighted by molar-refractivity contribution is 7.85. The summed E-state index contributed by atoms with van der Waals surface area (Å²) in [5, 5.41) is 0. The lowest BCUT2D eigenvalue weighted by atomic mass is 10.2. The fourth-order valence-electron chi connectivity index (χ4n) is 1.72. The zero-order valence-electron chi connectivity index (χ0n) is 9.16. The molecule has 2 rings (SSSR count). The predicted molar refractivity (Wildman–Crippen MR) is 62.6 cm³/mol. The SMILES string of the molecule is Nc1ccc(S(=O)(=O)O)cc1N1CC(=O)CC1=O. The van der Waals surface area contributed by atoms with Gasteiger partial charge in [0.15, 0.2) is 5.78 Å². The van der Waals surface area contributed by atoms with Crippen LogP contribution in [0.5, 0.6) is 0 Å². The highest BCUT2D eigenvalue weighted by Gasteiger charge is 2.30. The van der Waals surface area contributed by atoms with Crippen LogP contribution in [-0.4, -0.2) is 31.2 Å². The molecule has 1 fully saturated rings. The molecule has 0 aromatic heterocycles. The van der Waals surface area contributed by atoms with Crippen molar-refractivity contribution in [1.82, 2.24) is 0 Å². The summed E-state index contributed by atoms with van der Waals surface area (Å²) < 4.78 is 30.9. The lowest BCUT2D eigenvalue weighted by Gasteiger charge is -2.17. The number of nitrogens with two attached hydrogens (primary N) is 1. The highest BCUT2D eigenvalue weighted by Crippen LogP contribution is 2.29. The predicted octanol–water partition coefficient (Wildman–Crippen LogP) is -0.179. The molecule has 1 amide bonds. The molecule has 3 N–H and O–H groups in total. The third-order valence-corrected chi connectivity index (χ3v) is 3.42. The van der Waals surface area contributed by atoms with E-state index in [4.69, 9.17) is 10.3 Å². The van der Waals surface area contributed by atoms with E-state index in [1.807, 2.05) is 0 Å². The maximum Gasteiger partial charge on any atom is 0.294 e. The van der Waals surface area contributed by atoms with Crippen molar-refractivity contribution in [1.29, 1.82) is 0 Å². The first-order chi connectivity index (χ1) is 8.29. The number of hydrogen-bond acceptors (Lipinski definition) is 5. The number of anilines is 2. The van der Waals surface area contributed by atoms with E-state index in [0.29, 0.717) is 0 Å². The fourth-order valence-corrected chi connectivity index (χ4v) is 2.22. The summed E-state index contributed by atoms with van der Waals surface area (Å²) in [6.07, 6.45) is -0.227. The Morgan fingerprint density at radius 3 is 2.44 bits per heavy atom. The molecule has 0 aliphatic carbocycles. The molecule has 1 aliphatic rings. The van der Waals surface area contributed by atoms with Gasteiger partial charge in [-0.15, -0.1) is 0 Å². The normalized spacial score (nSPS) is 16.4. The number of Topliss-reactive ketones (excluding diaryl/α,β-unsaturated/α-hetero) is 1. The zero-order valence-corrected chi connectivity index (χ0v) is 9.98. The summed E-state index contributed by atoms with van der Waals surface area (Å²) in [6.45, 7) is -0.141. The van der Waals surface area contributed by atoms with Crippen LogP contribution in [0.25, 0.3) is 0 Å². The minimum Gasteiger partial charge on any atom is -0.397 e. The molecule has 1 aliphatic heterocycles. The van der Waals surface area contributed by atoms with Gasteiger partial charge in [0.1, 0.15) is 0 Å². The van der Waals surface area contributed by atoms with E-state index in [1.165, 1.54) is 6.07 Å². The first-order valence-corrected chi connectivity index (χ1v) is 6.42. The van der Waals surface area contributed by atoms with E-state index in [-0.39, 0.29) is 35.0 Å². The van der Waals surface area contributed by atoms with Gasteiger partial charge < -0.3 is 10.6 Å². The van der Waals surface area contributed by atoms with Crippen LogP contribution >= 0.6 is 0 Å². The van der Waals surface area contributed by atoms with Gasteiger partial charge in [-0.1, -0.05) is 0 Å². The van der Waals surface area contributed by atoms with Crippen LogP contribution in [0.3, 0.4) is 0 Å². The monoisotopic (exact) mass is 270 g/mol. The van der Waals surface area contributed by atoms with E-state index in [9.17, 15) is 18.0 Å². The molecule has 0 bridgehead atoms. The lowest BCUT2D eigenvalue weighted by molar-refractivity contribution is -0.121. The summed E-state index contributed by atoms with van der Waals surface area (Å²) in [7, 11) is -4.38. The molecule has 0 atom stereocenters. The number of carbonyl (C=O) groups excluding carboxylic acids is 2. The van der Waals surface area contributed by atoms with Gasteiger partial charge >= 0.3 is 0 Å². The van der Waals surface area contributed by atoms with Crippen LogP contribution in [-0.2, 0) is 19.7 Å². The van der Waals surface area contributed by atoms with Crippen molar-refractivity contribution in [2.45, 2.75) is 11.3 Å². The van der Waals surface area contributed by atoms with Crippen molar-refractivity contribution < 1.29 is 22.6 Å². The van der Waals surface area contributed by atoms with Crippen molar-refractivity contribution in [3.63, 3.8) is 0 Å². The fraction of sp³-hybridized carbons (Fsp3) is 0.200. The van der Waals surface area contributed by atoms with Crippen LogP contribution < -0.4 is 10.6 Å². The van der Waals surface area contributed by atoms with Gasteiger partial charge in [0, 0.05) is 0 Å². The van der Waals surface area contributed by atoms with Crippen molar-refractivity contribution in [3.05, 3.63) is 18.2 Å². The molecular weight excluding hydrogens is 260 g/mol. The van der Waals surface area contributed by atoms with Gasteiger partial charge in [-0.05, 0) is 18.2 Å². The Kier molecular flexibility index (Phi) is 2.83. The second-order valence-corrected chi connectivity index (χ2v) is 5.31. The van der Waals surface area contributed by atoms with Crippen molar-refractivity contribution >= 4 is 33.2 Å². The molecule has 8 heteroatoms. The highest BCUT2D eigenvalue weighted by atomic mass is 32.2. The van der Waals surface area contributed by atoms with E-state index in [2.05, 4.69) is 0 Å². The van der Waals surface area contributed by atoms with E-state index >= 15 is 0 Å². The summed E-state index contributed by atoms with van der Waals surface area (Å²) >= 11 is 0. The lowest BCUT2D eigenvalue weighted by Crippen LogP contribution is -2.25. The van der Waals surface area contributed by atoms with Gasteiger partial charge in [-0.3, -0.25) is 14.1 Å². The smallest absolute Gasteiger partial charge is 0.294 e. The Morgan fingerprint density at radius 2 is 1.94 bits per heavy atom. The van der Waals surface area contributed by atoms with E-state index < -0.39 is 16.0 Å². The molecule has 1 saturated heterocycles. The van der Waals surface area contributed by atoms with Gasteiger partial charge in [0.05, 0.1) is 29.2 Å². The summed E-state index contributed by atoms with van der Waals surface area (Å²) in [5.74, 6) is -0.712. The van der Waals surface area contributed by atoms with Crippen LogP contribution in [0, 0.1) is 0 Å². The Bertz CT molecular complexity index is 638. The zero-order chi connectivity index (χ0) is 13.5. The molecular formula is C10H10N2O5S. The standard InChI is InChI=1S/C10H10N2O5S/c11-8-2-1-7(18(15,16)17)4-9(8)12-5-6(13)3-10(12)14/h1-2,4H,3,5,11H2,(H,15,16,17). The topological polar surface area (TPSA) is 118 Å². The molecule has 1 heterocycles. The molecule has 0 unspecified atom stereocenters. The first kappa shape index (κ1) is 12.5. The molecule has 7 nitrogen and oxygen atoms in total. The molecule has 18 heavy (non-hydrogen) atoms. The second kappa shape index (κ2) is 4.07. The van der Waals surface area contributed by atoms with Crippen LogP contribution in [0.2, 0.25) is 0 Å². The number of carbonyl (C=O) groups is 2. The van der Waals surface area contributed by atoms with E-state index in [1.54, 1.807) is 0 Å². The third kappa shape index (κ3) is 2.20. The summed E-state index contributed by atoms with van der Waals surface area (Å²) in [6, 6.07) is 3.45. The number of rotatable bonds is 2. The Hall–Kier alpha value is -1.93. The number of hydrogen-bond donors (Lipinski definition) is 2. The van der Waals surface area contributed by atoms with Crippen LogP contribution in [0.15, 0.2) is 23.1 Å². The Morgan fingerprint density at radius 1 is 1.28 bits per heavy atom. The molecule has 0 spiro atoms. The average Bonchev–Trinajstić information content (AvgIpc) is 2.56. The number of benzene rings is 1. The van der Waals surface area contributed by atoms with Gasteiger partial charge in [0.25, 0.3) is 10.1 Å². The molecule has 1 aromatic carbocycles. The van der Waals surface area contributed by atoms with Crippen molar-refractivity contribution in [2.24, 2.45) is 0 Å². The van der Waals surface area contributed by atoms with Gasteiger partial charge in [-0.2, -0.15) is 8.42 Å². The number of amides is 1. The van der Waals surface area contributed by atoms with Crippen LogP contribution in [0.1, 0.15) is 6.42 Å². The quantitative estimate of drug-likeness (QED) is 0.437. The van der Waals surface area contributed by atoms with Gasteiger partial charge in [0.2, 0.25) is 5.91 Å². The Labute approximate surface area is 103 Å². The molecule has 96 valence electrons.